The number of nitrogens with zero attached hydrogens (tertiary/aromatic N) is 2. The average Bonchev–Trinajstić information content (AvgIpc) is 2.54. The number of fused-ring (bicyclic) bond motifs is 1. The third-order valence-electron chi connectivity index (χ3n) is 4.85. The molecule has 0 bridgehead atoms. The third-order valence-corrected chi connectivity index (χ3v) is 4.85. The summed E-state index contributed by atoms with van der Waals surface area (Å²) in [7, 11) is 0. The molecule has 2 aliphatic heterocycles. The zero-order valence-electron chi connectivity index (χ0n) is 13.1. The Kier molecular flexibility index (Phi) is 4.59. The van der Waals surface area contributed by atoms with Gasteiger partial charge in [0.25, 0.3) is 0 Å². The van der Waals surface area contributed by atoms with E-state index in [2.05, 4.69) is 30.0 Å². The van der Waals surface area contributed by atoms with Crippen molar-refractivity contribution >= 4 is 5.91 Å². The second kappa shape index (κ2) is 6.61. The summed E-state index contributed by atoms with van der Waals surface area (Å²) in [5.74, 6) is 0.308. The Balaban J connectivity index is 1.61. The molecule has 3 rings (SSSR count). The van der Waals surface area contributed by atoms with Crippen molar-refractivity contribution in [3.63, 3.8) is 0 Å². The maximum Gasteiger partial charge on any atom is 0.237 e. The predicted octanol–water partition coefficient (Wildman–Crippen LogP) is 2.62. The molecule has 0 aromatic heterocycles. The fourth-order valence-corrected chi connectivity index (χ4v) is 3.45. The molecule has 2 aliphatic rings. The topological polar surface area (TPSA) is 23.6 Å². The number of carbonyl (C=O) groups excluding carboxylic acids is 1. The number of hydrogen-bond acceptors (Lipinski definition) is 2. The maximum absolute atomic E-state index is 12.5. The molecule has 3 nitrogen and oxygen atoms in total. The Labute approximate surface area is 127 Å². The number of rotatable bonds is 3. The normalized spacial score (nSPS) is 19.4. The smallest absolute Gasteiger partial charge is 0.237 e. The molecular formula is C18H26N2O. The maximum atomic E-state index is 12.5. The van der Waals surface area contributed by atoms with Crippen molar-refractivity contribution in [3.05, 3.63) is 34.9 Å². The highest BCUT2D eigenvalue weighted by molar-refractivity contribution is 5.78. The highest BCUT2D eigenvalue weighted by Gasteiger charge is 2.23. The van der Waals surface area contributed by atoms with Gasteiger partial charge in [-0.1, -0.05) is 31.5 Å². The van der Waals surface area contributed by atoms with Crippen LogP contribution in [0.5, 0.6) is 0 Å². The SMILES string of the molecule is CCc1ccc2c(c1)CCN(C(=O)CN1CCCCC1)C2. The Morgan fingerprint density at radius 3 is 2.67 bits per heavy atom. The van der Waals surface area contributed by atoms with Crippen LogP contribution < -0.4 is 0 Å². The lowest BCUT2D eigenvalue weighted by atomic mass is 9.96. The lowest BCUT2D eigenvalue weighted by Gasteiger charge is -2.32. The summed E-state index contributed by atoms with van der Waals surface area (Å²) in [5.41, 5.74) is 4.18. The molecule has 1 amide bonds. The van der Waals surface area contributed by atoms with Crippen LogP contribution in [-0.2, 0) is 24.2 Å². The molecule has 1 fully saturated rings. The van der Waals surface area contributed by atoms with Gasteiger partial charge in [-0.2, -0.15) is 0 Å². The Bertz CT molecular complexity index is 506. The highest BCUT2D eigenvalue weighted by Crippen LogP contribution is 2.21. The number of hydrogen-bond donors (Lipinski definition) is 0. The van der Waals surface area contributed by atoms with Gasteiger partial charge in [0.05, 0.1) is 6.54 Å². The molecule has 114 valence electrons. The van der Waals surface area contributed by atoms with Crippen LogP contribution in [0.1, 0.15) is 42.9 Å². The second-order valence-electron chi connectivity index (χ2n) is 6.36. The van der Waals surface area contributed by atoms with E-state index in [0.717, 1.165) is 39.0 Å². The summed E-state index contributed by atoms with van der Waals surface area (Å²) < 4.78 is 0. The van der Waals surface area contributed by atoms with E-state index in [1.165, 1.54) is 36.0 Å². The molecule has 0 atom stereocenters. The number of aryl methyl sites for hydroxylation is 1. The van der Waals surface area contributed by atoms with Crippen LogP contribution in [0.4, 0.5) is 0 Å². The monoisotopic (exact) mass is 286 g/mol. The standard InChI is InChI=1S/C18H26N2O/c1-2-15-6-7-17-13-20(11-8-16(17)12-15)18(21)14-19-9-4-3-5-10-19/h6-7,12H,2-5,8-11,13-14H2,1H3. The summed E-state index contributed by atoms with van der Waals surface area (Å²) in [6.07, 6.45) is 5.91. The van der Waals surface area contributed by atoms with Gasteiger partial charge in [0.2, 0.25) is 5.91 Å². The Morgan fingerprint density at radius 1 is 1.10 bits per heavy atom. The average molecular weight is 286 g/mol. The predicted molar refractivity (Wildman–Crippen MR) is 85.2 cm³/mol. The molecule has 0 aliphatic carbocycles. The van der Waals surface area contributed by atoms with Gasteiger partial charge in [-0.3, -0.25) is 9.69 Å². The zero-order valence-corrected chi connectivity index (χ0v) is 13.1. The lowest BCUT2D eigenvalue weighted by molar-refractivity contribution is -0.133. The first-order valence-electron chi connectivity index (χ1n) is 8.37. The number of carbonyl (C=O) groups is 1. The molecule has 1 aromatic carbocycles. The van der Waals surface area contributed by atoms with E-state index in [9.17, 15) is 4.79 Å². The van der Waals surface area contributed by atoms with E-state index in [4.69, 9.17) is 0 Å². The quantitative estimate of drug-likeness (QED) is 0.853. The fourth-order valence-electron chi connectivity index (χ4n) is 3.45. The molecule has 0 saturated carbocycles. The van der Waals surface area contributed by atoms with Crippen LogP contribution in [0.25, 0.3) is 0 Å². The molecular weight excluding hydrogens is 260 g/mol. The molecule has 0 radical (unpaired) electrons. The number of likely N-dealkylation sites (tertiary alicyclic amines) is 1. The first-order chi connectivity index (χ1) is 10.3. The Morgan fingerprint density at radius 2 is 1.90 bits per heavy atom. The van der Waals surface area contributed by atoms with Crippen LogP contribution in [0.15, 0.2) is 18.2 Å². The van der Waals surface area contributed by atoms with Crippen molar-refractivity contribution in [2.24, 2.45) is 0 Å². The van der Waals surface area contributed by atoms with Gasteiger partial charge in [-0.15, -0.1) is 0 Å². The molecule has 1 saturated heterocycles. The van der Waals surface area contributed by atoms with E-state index in [1.54, 1.807) is 0 Å². The van der Waals surface area contributed by atoms with Gasteiger partial charge in [0.1, 0.15) is 0 Å². The molecule has 0 N–H and O–H groups in total. The summed E-state index contributed by atoms with van der Waals surface area (Å²) >= 11 is 0. The van der Waals surface area contributed by atoms with E-state index >= 15 is 0 Å². The minimum absolute atomic E-state index is 0.308. The third kappa shape index (κ3) is 3.46. The first kappa shape index (κ1) is 14.6. The molecule has 1 aromatic rings. The van der Waals surface area contributed by atoms with Crippen LogP contribution in [-0.4, -0.2) is 41.9 Å². The minimum atomic E-state index is 0.308. The summed E-state index contributed by atoms with van der Waals surface area (Å²) in [5, 5.41) is 0. The number of amides is 1. The van der Waals surface area contributed by atoms with Gasteiger partial charge < -0.3 is 4.90 Å². The lowest BCUT2D eigenvalue weighted by Crippen LogP contribution is -2.44. The van der Waals surface area contributed by atoms with E-state index in [1.807, 2.05) is 4.90 Å². The number of benzene rings is 1. The Hall–Kier alpha value is -1.35. The molecule has 3 heteroatoms. The van der Waals surface area contributed by atoms with Crippen LogP contribution in [0.3, 0.4) is 0 Å². The summed E-state index contributed by atoms with van der Waals surface area (Å²) in [6.45, 7) is 6.67. The minimum Gasteiger partial charge on any atom is -0.337 e. The second-order valence-corrected chi connectivity index (χ2v) is 6.36. The molecule has 21 heavy (non-hydrogen) atoms. The zero-order chi connectivity index (χ0) is 14.7. The summed E-state index contributed by atoms with van der Waals surface area (Å²) in [6, 6.07) is 6.74. The fraction of sp³-hybridized carbons (Fsp3) is 0.611. The molecule has 0 spiro atoms. The van der Waals surface area contributed by atoms with Crippen molar-refractivity contribution in [2.75, 3.05) is 26.2 Å². The van der Waals surface area contributed by atoms with Gasteiger partial charge in [0, 0.05) is 13.1 Å². The van der Waals surface area contributed by atoms with Gasteiger partial charge in [0.15, 0.2) is 0 Å². The molecule has 2 heterocycles. The number of piperidine rings is 1. The molecule has 0 unspecified atom stereocenters. The van der Waals surface area contributed by atoms with E-state index in [-0.39, 0.29) is 0 Å². The summed E-state index contributed by atoms with van der Waals surface area (Å²) in [4.78, 5) is 16.8. The van der Waals surface area contributed by atoms with Crippen molar-refractivity contribution < 1.29 is 4.79 Å². The van der Waals surface area contributed by atoms with Crippen molar-refractivity contribution in [2.45, 2.75) is 45.6 Å². The van der Waals surface area contributed by atoms with E-state index in [0.29, 0.717) is 12.5 Å². The van der Waals surface area contributed by atoms with Crippen LogP contribution >= 0.6 is 0 Å². The van der Waals surface area contributed by atoms with Gasteiger partial charge in [-0.05, 0) is 55.5 Å². The highest BCUT2D eigenvalue weighted by atomic mass is 16.2. The van der Waals surface area contributed by atoms with Crippen LogP contribution in [0.2, 0.25) is 0 Å². The van der Waals surface area contributed by atoms with Crippen molar-refractivity contribution in [1.82, 2.24) is 9.80 Å². The van der Waals surface area contributed by atoms with Gasteiger partial charge >= 0.3 is 0 Å². The van der Waals surface area contributed by atoms with E-state index < -0.39 is 0 Å². The van der Waals surface area contributed by atoms with Crippen LogP contribution in [0, 0.1) is 0 Å². The largest absolute Gasteiger partial charge is 0.337 e. The van der Waals surface area contributed by atoms with Crippen molar-refractivity contribution in [1.29, 1.82) is 0 Å². The first-order valence-corrected chi connectivity index (χ1v) is 8.37. The van der Waals surface area contributed by atoms with Crippen molar-refractivity contribution in [3.8, 4) is 0 Å². The van der Waals surface area contributed by atoms with Gasteiger partial charge in [-0.25, -0.2) is 0 Å².